The maximum atomic E-state index is 5.54. The zero-order valence-corrected chi connectivity index (χ0v) is 11.2. The van der Waals surface area contributed by atoms with Crippen LogP contribution >= 0.6 is 0 Å². The molecule has 0 fully saturated rings. The van der Waals surface area contributed by atoms with Crippen LogP contribution < -0.4 is 10.1 Å². The molecule has 4 heteroatoms. The van der Waals surface area contributed by atoms with Gasteiger partial charge in [0.1, 0.15) is 5.75 Å². The van der Waals surface area contributed by atoms with Crippen molar-refractivity contribution < 1.29 is 4.74 Å². The van der Waals surface area contributed by atoms with E-state index in [9.17, 15) is 0 Å². The molecule has 1 aromatic heterocycles. The van der Waals surface area contributed by atoms with Gasteiger partial charge in [-0.25, -0.2) is 4.98 Å². The predicted octanol–water partition coefficient (Wildman–Crippen LogP) is 1.98. The molecular weight excluding hydrogens is 238 g/mol. The summed E-state index contributed by atoms with van der Waals surface area (Å²) in [5, 5.41) is 3.35. The molecule has 0 spiro atoms. The highest BCUT2D eigenvalue weighted by Crippen LogP contribution is 2.17. The first kappa shape index (κ1) is 12.2. The summed E-state index contributed by atoms with van der Waals surface area (Å²) < 4.78 is 7.79. The van der Waals surface area contributed by atoms with E-state index in [0.29, 0.717) is 6.61 Å². The third kappa shape index (κ3) is 2.63. The predicted molar refractivity (Wildman–Crippen MR) is 74.4 cm³/mol. The molecule has 0 aliphatic carbocycles. The molecule has 4 nitrogen and oxygen atoms in total. The lowest BCUT2D eigenvalue weighted by Gasteiger charge is -2.15. The molecule has 0 bridgehead atoms. The van der Waals surface area contributed by atoms with Crippen LogP contribution in [0.1, 0.15) is 23.9 Å². The smallest absolute Gasteiger partial charge is 0.119 e. The fourth-order valence-corrected chi connectivity index (χ4v) is 2.53. The van der Waals surface area contributed by atoms with Gasteiger partial charge in [-0.2, -0.15) is 0 Å². The Labute approximate surface area is 113 Å². The molecule has 1 N–H and O–H groups in total. The molecule has 1 aliphatic heterocycles. The van der Waals surface area contributed by atoms with Crippen molar-refractivity contribution in [3.8, 4) is 5.75 Å². The third-order valence-electron chi connectivity index (χ3n) is 3.43. The molecule has 1 aromatic carbocycles. The van der Waals surface area contributed by atoms with Crippen LogP contribution in [0.5, 0.6) is 5.75 Å². The van der Waals surface area contributed by atoms with E-state index in [1.54, 1.807) is 0 Å². The summed E-state index contributed by atoms with van der Waals surface area (Å²) in [5.41, 5.74) is 3.80. The van der Waals surface area contributed by atoms with Gasteiger partial charge in [-0.15, -0.1) is 0 Å². The van der Waals surface area contributed by atoms with Crippen molar-refractivity contribution >= 4 is 0 Å². The molecule has 19 heavy (non-hydrogen) atoms. The Kier molecular flexibility index (Phi) is 3.51. The zero-order chi connectivity index (χ0) is 13.1. The lowest BCUT2D eigenvalue weighted by Crippen LogP contribution is -2.25. The highest BCUT2D eigenvalue weighted by atomic mass is 16.5. The molecule has 0 radical (unpaired) electrons. The average Bonchev–Trinajstić information content (AvgIpc) is 2.83. The number of ether oxygens (including phenoxy) is 1. The van der Waals surface area contributed by atoms with E-state index >= 15 is 0 Å². The minimum absolute atomic E-state index is 0.704. The summed E-state index contributed by atoms with van der Waals surface area (Å²) in [5.74, 6) is 0.940. The molecule has 2 heterocycles. The molecule has 0 saturated heterocycles. The van der Waals surface area contributed by atoms with Gasteiger partial charge in [0.15, 0.2) is 0 Å². The van der Waals surface area contributed by atoms with E-state index in [-0.39, 0.29) is 0 Å². The second kappa shape index (κ2) is 5.45. The normalized spacial score (nSPS) is 14.2. The number of hydrogen-bond acceptors (Lipinski definition) is 3. The lowest BCUT2D eigenvalue weighted by molar-refractivity contribution is 0.340. The van der Waals surface area contributed by atoms with Gasteiger partial charge in [0.05, 0.1) is 18.6 Å². The van der Waals surface area contributed by atoms with Gasteiger partial charge >= 0.3 is 0 Å². The topological polar surface area (TPSA) is 39.1 Å². The Morgan fingerprint density at radius 1 is 1.42 bits per heavy atom. The van der Waals surface area contributed by atoms with E-state index in [0.717, 1.165) is 31.8 Å². The van der Waals surface area contributed by atoms with Crippen molar-refractivity contribution in [1.82, 2.24) is 14.9 Å². The van der Waals surface area contributed by atoms with Crippen LogP contribution in [0, 0.1) is 0 Å². The van der Waals surface area contributed by atoms with Crippen molar-refractivity contribution in [1.29, 1.82) is 0 Å². The maximum absolute atomic E-state index is 5.54. The van der Waals surface area contributed by atoms with Gasteiger partial charge in [-0.1, -0.05) is 12.1 Å². The molecule has 3 rings (SSSR count). The average molecular weight is 257 g/mol. The first-order valence-electron chi connectivity index (χ1n) is 6.82. The summed E-state index contributed by atoms with van der Waals surface area (Å²) in [6.45, 7) is 5.50. The summed E-state index contributed by atoms with van der Waals surface area (Å²) in [4.78, 5) is 4.48. The molecule has 0 amide bonds. The fourth-order valence-electron chi connectivity index (χ4n) is 2.53. The lowest BCUT2D eigenvalue weighted by atomic mass is 10.1. The standard InChI is InChI=1S/C15H19N3O/c1-2-19-13-5-3-4-12(8-13)10-18-11-17-14-9-16-7-6-15(14)18/h3-5,8,11,16H,2,6-7,9-10H2,1H3. The molecule has 1 aliphatic rings. The molecular formula is C15H19N3O. The van der Waals surface area contributed by atoms with Crippen LogP contribution in [0.3, 0.4) is 0 Å². The number of rotatable bonds is 4. The minimum Gasteiger partial charge on any atom is -0.494 e. The number of aromatic nitrogens is 2. The van der Waals surface area contributed by atoms with E-state index in [2.05, 4.69) is 27.0 Å². The largest absolute Gasteiger partial charge is 0.494 e. The fraction of sp³-hybridized carbons (Fsp3) is 0.400. The van der Waals surface area contributed by atoms with Crippen LogP contribution in [0.4, 0.5) is 0 Å². The Morgan fingerprint density at radius 3 is 3.26 bits per heavy atom. The molecule has 2 aromatic rings. The SMILES string of the molecule is CCOc1cccc(Cn2cnc3c2CCNC3)c1. The van der Waals surface area contributed by atoms with E-state index < -0.39 is 0 Å². The van der Waals surface area contributed by atoms with Crippen molar-refractivity contribution in [2.24, 2.45) is 0 Å². The molecule has 0 atom stereocenters. The second-order valence-corrected chi connectivity index (χ2v) is 4.77. The summed E-state index contributed by atoms with van der Waals surface area (Å²) in [6, 6.07) is 8.29. The van der Waals surface area contributed by atoms with Crippen LogP contribution in [0.2, 0.25) is 0 Å². The van der Waals surface area contributed by atoms with E-state index in [1.807, 2.05) is 25.4 Å². The second-order valence-electron chi connectivity index (χ2n) is 4.77. The van der Waals surface area contributed by atoms with Gasteiger partial charge in [0.2, 0.25) is 0 Å². The Morgan fingerprint density at radius 2 is 2.37 bits per heavy atom. The van der Waals surface area contributed by atoms with E-state index in [4.69, 9.17) is 4.74 Å². The number of nitrogens with one attached hydrogen (secondary N) is 1. The summed E-state index contributed by atoms with van der Waals surface area (Å²) >= 11 is 0. The summed E-state index contributed by atoms with van der Waals surface area (Å²) in [7, 11) is 0. The quantitative estimate of drug-likeness (QED) is 0.910. The van der Waals surface area contributed by atoms with E-state index in [1.165, 1.54) is 17.0 Å². The van der Waals surface area contributed by atoms with Gasteiger partial charge in [-0.05, 0) is 24.6 Å². The number of nitrogens with zero attached hydrogens (tertiary/aromatic N) is 2. The van der Waals surface area contributed by atoms with Crippen molar-refractivity contribution in [3.63, 3.8) is 0 Å². The van der Waals surface area contributed by atoms with Crippen molar-refractivity contribution in [2.75, 3.05) is 13.2 Å². The van der Waals surface area contributed by atoms with Crippen LogP contribution in [0.25, 0.3) is 0 Å². The highest BCUT2D eigenvalue weighted by molar-refractivity contribution is 5.29. The third-order valence-corrected chi connectivity index (χ3v) is 3.43. The van der Waals surface area contributed by atoms with Crippen LogP contribution in [0.15, 0.2) is 30.6 Å². The number of benzene rings is 1. The van der Waals surface area contributed by atoms with Crippen LogP contribution in [-0.4, -0.2) is 22.7 Å². The van der Waals surface area contributed by atoms with Gasteiger partial charge in [0, 0.05) is 31.7 Å². The summed E-state index contributed by atoms with van der Waals surface area (Å²) in [6.07, 6.45) is 3.01. The highest BCUT2D eigenvalue weighted by Gasteiger charge is 2.14. The monoisotopic (exact) mass is 257 g/mol. The number of fused-ring (bicyclic) bond motifs is 1. The first-order valence-corrected chi connectivity index (χ1v) is 6.82. The zero-order valence-electron chi connectivity index (χ0n) is 11.2. The minimum atomic E-state index is 0.704. The Hall–Kier alpha value is -1.81. The van der Waals surface area contributed by atoms with Gasteiger partial charge < -0.3 is 14.6 Å². The van der Waals surface area contributed by atoms with Crippen molar-refractivity contribution in [3.05, 3.63) is 47.5 Å². The first-order chi connectivity index (χ1) is 9.36. The molecule has 0 saturated carbocycles. The van der Waals surface area contributed by atoms with Gasteiger partial charge in [-0.3, -0.25) is 0 Å². The molecule has 0 unspecified atom stereocenters. The maximum Gasteiger partial charge on any atom is 0.119 e. The van der Waals surface area contributed by atoms with Gasteiger partial charge in [0.25, 0.3) is 0 Å². The number of hydrogen-bond donors (Lipinski definition) is 1. The molecule has 100 valence electrons. The van der Waals surface area contributed by atoms with Crippen LogP contribution in [-0.2, 0) is 19.5 Å². The Bertz CT molecular complexity index is 562. The number of imidazole rings is 1. The van der Waals surface area contributed by atoms with Crippen molar-refractivity contribution in [2.45, 2.75) is 26.4 Å². The Balaban J connectivity index is 1.81.